The molecule has 0 saturated heterocycles. The molecule has 0 heterocycles. The largest absolute Gasteiger partial charge is 0.0501 e. The van der Waals surface area contributed by atoms with Crippen LogP contribution >= 0.6 is 0 Å². The summed E-state index contributed by atoms with van der Waals surface area (Å²) in [7, 11) is 0. The first-order chi connectivity index (χ1) is 8.36. The molecule has 0 N–H and O–H groups in total. The predicted molar refractivity (Wildman–Crippen MR) is 71.6 cm³/mol. The van der Waals surface area contributed by atoms with Crippen molar-refractivity contribution in [3.8, 4) is 0 Å². The molecule has 6 rings (SSSR count). The Morgan fingerprint density at radius 3 is 1.88 bits per heavy atom. The molecular formula is C17H27. The van der Waals surface area contributed by atoms with E-state index in [1.807, 2.05) is 5.92 Å². The van der Waals surface area contributed by atoms with Gasteiger partial charge in [0.05, 0.1) is 0 Å². The summed E-state index contributed by atoms with van der Waals surface area (Å²) in [6.07, 6.45) is 18.8. The normalized spacial score (nSPS) is 50.5. The molecule has 1 radical (unpaired) electrons. The van der Waals surface area contributed by atoms with Gasteiger partial charge in [0.25, 0.3) is 0 Å². The van der Waals surface area contributed by atoms with E-state index in [0.29, 0.717) is 0 Å². The highest BCUT2D eigenvalue weighted by Crippen LogP contribution is 2.61. The van der Waals surface area contributed by atoms with Crippen molar-refractivity contribution >= 4 is 0 Å². The van der Waals surface area contributed by atoms with E-state index >= 15 is 0 Å². The molecule has 95 valence electrons. The second-order valence-electron chi connectivity index (χ2n) is 7.58. The van der Waals surface area contributed by atoms with E-state index in [-0.39, 0.29) is 0 Å². The molecule has 0 amide bonds. The molecule has 1 atom stereocenters. The van der Waals surface area contributed by atoms with Gasteiger partial charge in [-0.25, -0.2) is 0 Å². The van der Waals surface area contributed by atoms with Gasteiger partial charge < -0.3 is 0 Å². The minimum absolute atomic E-state index is 0.809. The zero-order valence-corrected chi connectivity index (χ0v) is 11.2. The highest BCUT2D eigenvalue weighted by Gasteiger charge is 2.49. The van der Waals surface area contributed by atoms with Crippen molar-refractivity contribution in [1.82, 2.24) is 0 Å². The van der Waals surface area contributed by atoms with Crippen molar-refractivity contribution in [3.05, 3.63) is 5.92 Å². The topological polar surface area (TPSA) is 0 Å². The molecule has 6 fully saturated rings. The monoisotopic (exact) mass is 231 g/mol. The summed E-state index contributed by atoms with van der Waals surface area (Å²) in [5, 5.41) is 0. The van der Waals surface area contributed by atoms with Crippen LogP contribution in [0.1, 0.15) is 77.0 Å². The highest BCUT2D eigenvalue weighted by molar-refractivity contribution is 5.11. The Bertz CT molecular complexity index is 263. The smallest absolute Gasteiger partial charge is 0.0204 e. The molecule has 4 bridgehead atoms. The minimum Gasteiger partial charge on any atom is -0.0501 e. The molecule has 0 heteroatoms. The maximum atomic E-state index is 2.03. The van der Waals surface area contributed by atoms with Gasteiger partial charge in [-0.2, -0.15) is 0 Å². The van der Waals surface area contributed by atoms with Crippen molar-refractivity contribution in [1.29, 1.82) is 0 Å². The van der Waals surface area contributed by atoms with E-state index in [1.54, 1.807) is 64.2 Å². The SMILES string of the molecule is C1CC2CC[C]1C(C13CCC(CC1)CC3)CC2. The Kier molecular flexibility index (Phi) is 2.56. The molecule has 6 saturated carbocycles. The van der Waals surface area contributed by atoms with Crippen LogP contribution in [-0.4, -0.2) is 0 Å². The zero-order chi connectivity index (χ0) is 11.3. The van der Waals surface area contributed by atoms with Crippen molar-refractivity contribution in [3.63, 3.8) is 0 Å². The lowest BCUT2D eigenvalue weighted by Gasteiger charge is -2.53. The van der Waals surface area contributed by atoms with Gasteiger partial charge in [0.2, 0.25) is 0 Å². The lowest BCUT2D eigenvalue weighted by atomic mass is 9.52. The molecule has 0 aromatic rings. The first-order valence-electron chi connectivity index (χ1n) is 8.20. The van der Waals surface area contributed by atoms with E-state index in [9.17, 15) is 0 Å². The molecule has 0 nitrogen and oxygen atoms in total. The lowest BCUT2D eigenvalue weighted by Crippen LogP contribution is -2.42. The summed E-state index contributed by atoms with van der Waals surface area (Å²) in [6, 6.07) is 0. The fourth-order valence-corrected chi connectivity index (χ4v) is 5.84. The number of fused-ring (bicyclic) bond motifs is 7. The van der Waals surface area contributed by atoms with Crippen LogP contribution in [0.25, 0.3) is 0 Å². The standard InChI is InChI=1S/C17H27/c1-4-15-5-2-13(1)3-6-16(15)17-10-7-14(8-11-17)9-12-17/h13-14,16H,1-12H2. The summed E-state index contributed by atoms with van der Waals surface area (Å²) in [6.45, 7) is 0. The van der Waals surface area contributed by atoms with Crippen molar-refractivity contribution in [2.75, 3.05) is 0 Å². The average Bonchev–Trinajstić information content (AvgIpc) is 2.75. The molecule has 6 aliphatic rings. The Labute approximate surface area is 107 Å². The minimum atomic E-state index is 0.809. The predicted octanol–water partition coefficient (Wildman–Crippen LogP) is 5.13. The fraction of sp³-hybridized carbons (Fsp3) is 0.941. The van der Waals surface area contributed by atoms with Crippen molar-refractivity contribution < 1.29 is 0 Å². The second-order valence-corrected chi connectivity index (χ2v) is 7.58. The van der Waals surface area contributed by atoms with Gasteiger partial charge in [0.1, 0.15) is 0 Å². The number of hydrogen-bond donors (Lipinski definition) is 0. The number of rotatable bonds is 1. The van der Waals surface area contributed by atoms with Crippen molar-refractivity contribution in [2.45, 2.75) is 77.0 Å². The van der Waals surface area contributed by atoms with Crippen LogP contribution in [0.2, 0.25) is 0 Å². The Morgan fingerprint density at radius 1 is 0.647 bits per heavy atom. The first-order valence-corrected chi connectivity index (χ1v) is 8.20. The molecule has 1 unspecified atom stereocenters. The third-order valence-electron chi connectivity index (χ3n) is 6.99. The van der Waals surface area contributed by atoms with Gasteiger partial charge in [-0.15, -0.1) is 0 Å². The summed E-state index contributed by atoms with van der Waals surface area (Å²) in [5.41, 5.74) is 0.809. The molecule has 0 aliphatic heterocycles. The second kappa shape index (κ2) is 4.00. The molecule has 0 spiro atoms. The van der Waals surface area contributed by atoms with E-state index in [1.165, 1.54) is 12.8 Å². The Morgan fingerprint density at radius 2 is 1.24 bits per heavy atom. The molecule has 17 heavy (non-hydrogen) atoms. The zero-order valence-electron chi connectivity index (χ0n) is 11.2. The Hall–Kier alpha value is 0. The van der Waals surface area contributed by atoms with Crippen LogP contribution in [0.3, 0.4) is 0 Å². The lowest BCUT2D eigenvalue weighted by molar-refractivity contribution is 0.00878. The molecule has 0 aromatic heterocycles. The number of hydrogen-bond acceptors (Lipinski definition) is 0. The van der Waals surface area contributed by atoms with Crippen LogP contribution in [0.4, 0.5) is 0 Å². The van der Waals surface area contributed by atoms with Crippen LogP contribution in [0.5, 0.6) is 0 Å². The van der Waals surface area contributed by atoms with Crippen LogP contribution in [0.15, 0.2) is 0 Å². The quantitative estimate of drug-likeness (QED) is 0.587. The summed E-state index contributed by atoms with van der Waals surface area (Å²) >= 11 is 0. The van der Waals surface area contributed by atoms with Gasteiger partial charge >= 0.3 is 0 Å². The van der Waals surface area contributed by atoms with Gasteiger partial charge in [-0.3, -0.25) is 0 Å². The highest BCUT2D eigenvalue weighted by atomic mass is 14.5. The maximum Gasteiger partial charge on any atom is -0.0204 e. The van der Waals surface area contributed by atoms with Crippen LogP contribution in [-0.2, 0) is 0 Å². The van der Waals surface area contributed by atoms with Crippen LogP contribution < -0.4 is 0 Å². The van der Waals surface area contributed by atoms with Crippen LogP contribution in [0, 0.1) is 29.1 Å². The third kappa shape index (κ3) is 1.70. The van der Waals surface area contributed by atoms with E-state index in [4.69, 9.17) is 0 Å². The first kappa shape index (κ1) is 10.9. The summed E-state index contributed by atoms with van der Waals surface area (Å²) in [4.78, 5) is 0. The van der Waals surface area contributed by atoms with E-state index in [0.717, 1.165) is 23.2 Å². The average molecular weight is 231 g/mol. The fourth-order valence-electron chi connectivity index (χ4n) is 5.84. The van der Waals surface area contributed by atoms with E-state index in [2.05, 4.69) is 0 Å². The summed E-state index contributed by atoms with van der Waals surface area (Å²) in [5.74, 6) is 5.33. The molecular weight excluding hydrogens is 204 g/mol. The van der Waals surface area contributed by atoms with Gasteiger partial charge in [-0.05, 0) is 99.7 Å². The Balaban J connectivity index is 1.60. The molecule has 0 aromatic carbocycles. The van der Waals surface area contributed by atoms with Gasteiger partial charge in [-0.1, -0.05) is 6.42 Å². The van der Waals surface area contributed by atoms with Gasteiger partial charge in [0, 0.05) is 0 Å². The maximum absolute atomic E-state index is 2.03. The summed E-state index contributed by atoms with van der Waals surface area (Å²) < 4.78 is 0. The molecule has 6 aliphatic carbocycles. The van der Waals surface area contributed by atoms with E-state index < -0.39 is 0 Å². The van der Waals surface area contributed by atoms with Crippen molar-refractivity contribution in [2.24, 2.45) is 23.2 Å². The third-order valence-corrected chi connectivity index (χ3v) is 6.99. The van der Waals surface area contributed by atoms with Gasteiger partial charge in [0.15, 0.2) is 0 Å².